The molecule has 1 atom stereocenters. The summed E-state index contributed by atoms with van der Waals surface area (Å²) >= 11 is 0. The van der Waals surface area contributed by atoms with Crippen LogP contribution in [0.4, 0.5) is 5.69 Å². The van der Waals surface area contributed by atoms with Gasteiger partial charge in [0, 0.05) is 32.4 Å². The number of nitrogen functional groups attached to an aromatic ring is 1. The Bertz CT molecular complexity index is 458. The Balaban J connectivity index is 2.02. The van der Waals surface area contributed by atoms with E-state index in [1.54, 1.807) is 10.9 Å². The van der Waals surface area contributed by atoms with Crippen molar-refractivity contribution in [1.29, 1.82) is 0 Å². The van der Waals surface area contributed by atoms with Gasteiger partial charge in [-0.25, -0.2) is 0 Å². The van der Waals surface area contributed by atoms with Crippen LogP contribution in [0.1, 0.15) is 43.6 Å². The molecule has 2 N–H and O–H groups in total. The lowest BCUT2D eigenvalue weighted by Gasteiger charge is -2.32. The van der Waals surface area contributed by atoms with E-state index >= 15 is 0 Å². The first-order chi connectivity index (χ1) is 9.65. The fraction of sp³-hybridized carbons (Fsp3) is 0.714. The smallest absolute Gasteiger partial charge is 0.276 e. The van der Waals surface area contributed by atoms with Crippen LogP contribution in [0.2, 0.25) is 0 Å². The third kappa shape index (κ3) is 3.30. The summed E-state index contributed by atoms with van der Waals surface area (Å²) < 4.78 is 7.45. The van der Waals surface area contributed by atoms with E-state index in [1.165, 1.54) is 0 Å². The molecule has 112 valence electrons. The Hall–Kier alpha value is -1.56. The molecule has 1 unspecified atom stereocenters. The first kappa shape index (κ1) is 14.8. The van der Waals surface area contributed by atoms with Crippen molar-refractivity contribution in [3.8, 4) is 0 Å². The maximum absolute atomic E-state index is 12.5. The molecule has 6 nitrogen and oxygen atoms in total. The first-order valence-electron chi connectivity index (χ1n) is 7.39. The maximum Gasteiger partial charge on any atom is 0.276 e. The van der Waals surface area contributed by atoms with Gasteiger partial charge in [-0.1, -0.05) is 6.92 Å². The molecule has 1 saturated heterocycles. The zero-order valence-corrected chi connectivity index (χ0v) is 12.3. The molecule has 20 heavy (non-hydrogen) atoms. The number of likely N-dealkylation sites (tertiary alicyclic amines) is 1. The second-order valence-corrected chi connectivity index (χ2v) is 5.17. The van der Waals surface area contributed by atoms with Gasteiger partial charge >= 0.3 is 0 Å². The van der Waals surface area contributed by atoms with E-state index in [0.29, 0.717) is 24.5 Å². The Kier molecular flexibility index (Phi) is 5.00. The van der Waals surface area contributed by atoms with Gasteiger partial charge in [-0.3, -0.25) is 9.48 Å². The summed E-state index contributed by atoms with van der Waals surface area (Å²) in [4.78, 5) is 14.3. The standard InChI is InChI=1S/C14H24N4O2/c1-3-8-20-11-6-5-7-17(9-11)14(19)13-12(15)10-18(4-2)16-13/h10-11H,3-9,15H2,1-2H3. The van der Waals surface area contributed by atoms with Gasteiger partial charge in [0.15, 0.2) is 5.69 Å². The van der Waals surface area contributed by atoms with E-state index in [0.717, 1.165) is 32.4 Å². The van der Waals surface area contributed by atoms with Crippen molar-refractivity contribution in [2.75, 3.05) is 25.4 Å². The molecular formula is C14H24N4O2. The van der Waals surface area contributed by atoms with Crippen molar-refractivity contribution >= 4 is 11.6 Å². The molecule has 2 heterocycles. The summed E-state index contributed by atoms with van der Waals surface area (Å²) in [5.74, 6) is -0.0838. The van der Waals surface area contributed by atoms with E-state index in [-0.39, 0.29) is 12.0 Å². The van der Waals surface area contributed by atoms with E-state index in [4.69, 9.17) is 10.5 Å². The Morgan fingerprint density at radius 1 is 1.55 bits per heavy atom. The number of nitrogens with zero attached hydrogens (tertiary/aromatic N) is 3. The molecule has 0 bridgehead atoms. The molecule has 1 aliphatic rings. The molecule has 0 radical (unpaired) electrons. The average Bonchev–Trinajstić information content (AvgIpc) is 2.86. The fourth-order valence-corrected chi connectivity index (χ4v) is 2.46. The van der Waals surface area contributed by atoms with Crippen molar-refractivity contribution in [3.05, 3.63) is 11.9 Å². The van der Waals surface area contributed by atoms with Crippen LogP contribution in [0.15, 0.2) is 6.20 Å². The van der Waals surface area contributed by atoms with Crippen LogP contribution in [0, 0.1) is 0 Å². The summed E-state index contributed by atoms with van der Waals surface area (Å²) in [6, 6.07) is 0. The van der Waals surface area contributed by atoms with Crippen LogP contribution in [0.3, 0.4) is 0 Å². The van der Waals surface area contributed by atoms with E-state index in [2.05, 4.69) is 12.0 Å². The van der Waals surface area contributed by atoms with Crippen LogP contribution in [-0.4, -0.2) is 46.4 Å². The predicted octanol–water partition coefficient (Wildman–Crippen LogP) is 1.52. The van der Waals surface area contributed by atoms with Gasteiger partial charge in [0.1, 0.15) is 0 Å². The lowest BCUT2D eigenvalue weighted by Crippen LogP contribution is -2.43. The molecule has 1 amide bonds. The molecule has 1 fully saturated rings. The van der Waals surface area contributed by atoms with Crippen LogP contribution < -0.4 is 5.73 Å². The summed E-state index contributed by atoms with van der Waals surface area (Å²) in [6.07, 6.45) is 4.83. The highest BCUT2D eigenvalue weighted by atomic mass is 16.5. The van der Waals surface area contributed by atoms with Gasteiger partial charge in [0.05, 0.1) is 11.8 Å². The molecular weight excluding hydrogens is 256 g/mol. The Labute approximate surface area is 119 Å². The molecule has 0 aromatic carbocycles. The van der Waals surface area contributed by atoms with Gasteiger partial charge in [0.2, 0.25) is 0 Å². The second-order valence-electron chi connectivity index (χ2n) is 5.17. The van der Waals surface area contributed by atoms with Crippen LogP contribution >= 0.6 is 0 Å². The van der Waals surface area contributed by atoms with Gasteiger partial charge < -0.3 is 15.4 Å². The van der Waals surface area contributed by atoms with Crippen LogP contribution in [0.25, 0.3) is 0 Å². The summed E-state index contributed by atoms with van der Waals surface area (Å²) in [7, 11) is 0. The lowest BCUT2D eigenvalue weighted by molar-refractivity contribution is 0.00193. The Morgan fingerprint density at radius 3 is 3.00 bits per heavy atom. The largest absolute Gasteiger partial charge is 0.396 e. The maximum atomic E-state index is 12.5. The molecule has 2 rings (SSSR count). The molecule has 6 heteroatoms. The highest BCUT2D eigenvalue weighted by Gasteiger charge is 2.27. The monoisotopic (exact) mass is 280 g/mol. The SMILES string of the molecule is CCCOC1CCCN(C(=O)c2nn(CC)cc2N)C1. The molecule has 0 aliphatic carbocycles. The highest BCUT2D eigenvalue weighted by molar-refractivity contribution is 5.97. The second kappa shape index (κ2) is 6.74. The van der Waals surface area contributed by atoms with Crippen molar-refractivity contribution in [2.24, 2.45) is 0 Å². The normalized spacial score (nSPS) is 19.3. The van der Waals surface area contributed by atoms with E-state index < -0.39 is 0 Å². The third-order valence-electron chi connectivity index (χ3n) is 3.54. The van der Waals surface area contributed by atoms with Gasteiger partial charge in [-0.15, -0.1) is 0 Å². The van der Waals surface area contributed by atoms with Gasteiger partial charge in [-0.2, -0.15) is 5.10 Å². The number of carbonyl (C=O) groups is 1. The predicted molar refractivity (Wildman–Crippen MR) is 77.5 cm³/mol. The summed E-state index contributed by atoms with van der Waals surface area (Å²) in [5, 5.41) is 4.25. The molecule has 1 aromatic heterocycles. The van der Waals surface area contributed by atoms with Crippen LogP contribution in [-0.2, 0) is 11.3 Å². The Morgan fingerprint density at radius 2 is 2.35 bits per heavy atom. The quantitative estimate of drug-likeness (QED) is 0.887. The van der Waals surface area contributed by atoms with E-state index in [9.17, 15) is 4.79 Å². The minimum absolute atomic E-state index is 0.0838. The zero-order valence-electron chi connectivity index (χ0n) is 12.3. The van der Waals surface area contributed by atoms with Crippen molar-refractivity contribution in [3.63, 3.8) is 0 Å². The topological polar surface area (TPSA) is 73.4 Å². The van der Waals surface area contributed by atoms with Crippen LogP contribution in [0.5, 0.6) is 0 Å². The molecule has 0 saturated carbocycles. The van der Waals surface area contributed by atoms with Crippen molar-refractivity contribution < 1.29 is 9.53 Å². The minimum Gasteiger partial charge on any atom is -0.396 e. The number of nitrogens with two attached hydrogens (primary N) is 1. The minimum atomic E-state index is -0.0838. The van der Waals surface area contributed by atoms with Crippen molar-refractivity contribution in [1.82, 2.24) is 14.7 Å². The molecule has 1 aliphatic heterocycles. The first-order valence-corrected chi connectivity index (χ1v) is 7.39. The number of hydrogen-bond acceptors (Lipinski definition) is 4. The van der Waals surface area contributed by atoms with E-state index in [1.807, 2.05) is 11.8 Å². The number of hydrogen-bond donors (Lipinski definition) is 1. The fourth-order valence-electron chi connectivity index (χ4n) is 2.46. The number of aryl methyl sites for hydroxylation is 1. The number of carbonyl (C=O) groups excluding carboxylic acids is 1. The number of aromatic nitrogens is 2. The third-order valence-corrected chi connectivity index (χ3v) is 3.54. The number of anilines is 1. The molecule has 1 aromatic rings. The number of ether oxygens (including phenoxy) is 1. The zero-order chi connectivity index (χ0) is 14.5. The number of amides is 1. The summed E-state index contributed by atoms with van der Waals surface area (Å²) in [6.45, 7) is 6.90. The number of piperidine rings is 1. The highest BCUT2D eigenvalue weighted by Crippen LogP contribution is 2.18. The average molecular weight is 280 g/mol. The van der Waals surface area contributed by atoms with Gasteiger partial charge in [-0.05, 0) is 26.2 Å². The number of rotatable bonds is 5. The van der Waals surface area contributed by atoms with Crippen molar-refractivity contribution in [2.45, 2.75) is 45.8 Å². The molecule has 0 spiro atoms. The van der Waals surface area contributed by atoms with Gasteiger partial charge in [0.25, 0.3) is 5.91 Å². The summed E-state index contributed by atoms with van der Waals surface area (Å²) in [5.41, 5.74) is 6.69. The lowest BCUT2D eigenvalue weighted by atomic mass is 10.1.